The summed E-state index contributed by atoms with van der Waals surface area (Å²) in [5.41, 5.74) is 1.65. The van der Waals surface area contributed by atoms with Crippen molar-refractivity contribution in [2.24, 2.45) is 7.05 Å². The summed E-state index contributed by atoms with van der Waals surface area (Å²) in [7, 11) is 1.82. The van der Waals surface area contributed by atoms with Crippen LogP contribution in [-0.4, -0.2) is 46.3 Å². The number of benzene rings is 2. The number of ether oxygens (including phenoxy) is 1. The van der Waals surface area contributed by atoms with Crippen molar-refractivity contribution < 1.29 is 18.3 Å². The van der Waals surface area contributed by atoms with E-state index in [-0.39, 0.29) is 5.56 Å². The van der Waals surface area contributed by atoms with Crippen molar-refractivity contribution >= 4 is 11.6 Å². The van der Waals surface area contributed by atoms with Gasteiger partial charge in [0.2, 0.25) is 0 Å². The molecule has 174 valence electrons. The fourth-order valence-corrected chi connectivity index (χ4v) is 4.21. The van der Waals surface area contributed by atoms with Crippen molar-refractivity contribution in [1.82, 2.24) is 14.7 Å². The first kappa shape index (κ1) is 22.9. The normalized spacial score (nSPS) is 16.5. The van der Waals surface area contributed by atoms with Gasteiger partial charge in [-0.15, -0.1) is 0 Å². The van der Waals surface area contributed by atoms with Crippen LogP contribution in [0.2, 0.25) is 0 Å². The number of hydrogen-bond donors (Lipinski definition) is 1. The van der Waals surface area contributed by atoms with Crippen LogP contribution in [0.5, 0.6) is 5.75 Å². The van der Waals surface area contributed by atoms with Crippen LogP contribution >= 0.6 is 0 Å². The number of likely N-dealkylation sites (tertiary alicyclic amines) is 1. The third-order valence-corrected chi connectivity index (χ3v) is 6.11. The number of nitrogens with one attached hydrogen (secondary N) is 1. The van der Waals surface area contributed by atoms with Gasteiger partial charge in [0.05, 0.1) is 11.3 Å². The van der Waals surface area contributed by atoms with E-state index in [0.29, 0.717) is 24.1 Å². The van der Waals surface area contributed by atoms with Gasteiger partial charge in [0.25, 0.3) is 5.91 Å². The molecule has 0 radical (unpaired) electrons. The van der Waals surface area contributed by atoms with E-state index in [0.717, 1.165) is 30.4 Å². The van der Waals surface area contributed by atoms with E-state index in [2.05, 4.69) is 22.2 Å². The Hall–Kier alpha value is -3.26. The standard InChI is InChI=1S/C25H28F2N4O2/c1-17-6-3-4-13-31(17)14-15-33-23-10-9-18(16-20(23)22-11-12-28-30(22)2)29-25(32)19-7-5-8-21(26)24(19)27/h5,7-12,16-17H,3-4,6,13-15H2,1-2H3,(H,29,32). The molecule has 8 heteroatoms. The van der Waals surface area contributed by atoms with E-state index in [1.54, 1.807) is 29.1 Å². The van der Waals surface area contributed by atoms with Gasteiger partial charge in [-0.2, -0.15) is 5.10 Å². The van der Waals surface area contributed by atoms with Gasteiger partial charge in [0.15, 0.2) is 11.6 Å². The molecule has 3 aromatic rings. The van der Waals surface area contributed by atoms with Crippen molar-refractivity contribution in [3.05, 3.63) is 65.9 Å². The van der Waals surface area contributed by atoms with Crippen LogP contribution in [0.15, 0.2) is 48.7 Å². The summed E-state index contributed by atoms with van der Waals surface area (Å²) in [5.74, 6) is -2.30. The molecule has 33 heavy (non-hydrogen) atoms. The van der Waals surface area contributed by atoms with Crippen molar-refractivity contribution in [2.45, 2.75) is 32.2 Å². The van der Waals surface area contributed by atoms with Crippen LogP contribution in [0.3, 0.4) is 0 Å². The third-order valence-electron chi connectivity index (χ3n) is 6.11. The zero-order valence-corrected chi connectivity index (χ0v) is 18.9. The number of carbonyl (C=O) groups is 1. The fourth-order valence-electron chi connectivity index (χ4n) is 4.21. The van der Waals surface area contributed by atoms with Gasteiger partial charge in [-0.25, -0.2) is 8.78 Å². The van der Waals surface area contributed by atoms with Gasteiger partial charge in [0.1, 0.15) is 12.4 Å². The number of aryl methyl sites for hydroxylation is 1. The van der Waals surface area contributed by atoms with Gasteiger partial charge < -0.3 is 10.1 Å². The van der Waals surface area contributed by atoms with E-state index in [1.165, 1.54) is 31.4 Å². The summed E-state index contributed by atoms with van der Waals surface area (Å²) < 4.78 is 35.4. The maximum Gasteiger partial charge on any atom is 0.258 e. The Labute approximate surface area is 192 Å². The highest BCUT2D eigenvalue weighted by Crippen LogP contribution is 2.33. The molecule has 1 saturated heterocycles. The molecule has 1 amide bonds. The van der Waals surface area contributed by atoms with Gasteiger partial charge >= 0.3 is 0 Å². The smallest absolute Gasteiger partial charge is 0.258 e. The molecule has 0 spiro atoms. The van der Waals surface area contributed by atoms with Crippen molar-refractivity contribution in [2.75, 3.05) is 25.0 Å². The predicted octanol–water partition coefficient (Wildman–Crippen LogP) is 4.87. The number of piperidine rings is 1. The summed E-state index contributed by atoms with van der Waals surface area (Å²) in [6.07, 6.45) is 5.38. The van der Waals surface area contributed by atoms with E-state index >= 15 is 0 Å². The minimum Gasteiger partial charge on any atom is -0.492 e. The number of nitrogens with zero attached hydrogens (tertiary/aromatic N) is 3. The molecular weight excluding hydrogens is 426 g/mol. The van der Waals surface area contributed by atoms with E-state index in [9.17, 15) is 13.6 Å². The first-order valence-corrected chi connectivity index (χ1v) is 11.2. The maximum atomic E-state index is 14.0. The second-order valence-electron chi connectivity index (χ2n) is 8.34. The molecule has 1 aliphatic heterocycles. The Bertz CT molecular complexity index is 1130. The number of carbonyl (C=O) groups excluding carboxylic acids is 1. The van der Waals surface area contributed by atoms with Crippen molar-refractivity contribution in [1.29, 1.82) is 0 Å². The lowest BCUT2D eigenvalue weighted by atomic mass is 10.0. The quantitative estimate of drug-likeness (QED) is 0.553. The second kappa shape index (κ2) is 10.1. The van der Waals surface area contributed by atoms with E-state index < -0.39 is 17.5 Å². The van der Waals surface area contributed by atoms with E-state index in [1.807, 2.05) is 13.1 Å². The fraction of sp³-hybridized carbons (Fsp3) is 0.360. The highest BCUT2D eigenvalue weighted by atomic mass is 19.2. The SMILES string of the molecule is CC1CCCCN1CCOc1ccc(NC(=O)c2cccc(F)c2F)cc1-c1ccnn1C. The average Bonchev–Trinajstić information content (AvgIpc) is 3.23. The van der Waals surface area contributed by atoms with Crippen LogP contribution in [-0.2, 0) is 7.05 Å². The van der Waals surface area contributed by atoms with Crippen LogP contribution < -0.4 is 10.1 Å². The summed E-state index contributed by atoms with van der Waals surface area (Å²) in [6, 6.07) is 11.2. The Morgan fingerprint density at radius 3 is 2.82 bits per heavy atom. The molecule has 1 atom stereocenters. The molecule has 1 aromatic heterocycles. The largest absolute Gasteiger partial charge is 0.492 e. The minimum absolute atomic E-state index is 0.354. The summed E-state index contributed by atoms with van der Waals surface area (Å²) >= 11 is 0. The molecular formula is C25H28F2N4O2. The zero-order chi connectivity index (χ0) is 23.4. The number of amides is 1. The maximum absolute atomic E-state index is 14.0. The van der Waals surface area contributed by atoms with Gasteiger partial charge in [-0.1, -0.05) is 12.5 Å². The predicted molar refractivity (Wildman–Crippen MR) is 123 cm³/mol. The highest BCUT2D eigenvalue weighted by Gasteiger charge is 2.19. The molecule has 2 aromatic carbocycles. The summed E-state index contributed by atoms with van der Waals surface area (Å²) in [5, 5.41) is 6.88. The lowest BCUT2D eigenvalue weighted by Gasteiger charge is -2.33. The Morgan fingerprint density at radius 1 is 1.21 bits per heavy atom. The van der Waals surface area contributed by atoms with Gasteiger partial charge in [0, 0.05) is 37.1 Å². The molecule has 0 aliphatic carbocycles. The van der Waals surface area contributed by atoms with Crippen molar-refractivity contribution in [3.8, 4) is 17.0 Å². The van der Waals surface area contributed by atoms with Crippen LogP contribution in [0.25, 0.3) is 11.3 Å². The molecule has 6 nitrogen and oxygen atoms in total. The number of hydrogen-bond acceptors (Lipinski definition) is 4. The first-order valence-electron chi connectivity index (χ1n) is 11.2. The first-order chi connectivity index (χ1) is 15.9. The topological polar surface area (TPSA) is 59.4 Å². The van der Waals surface area contributed by atoms with Crippen LogP contribution in [0.4, 0.5) is 14.5 Å². The zero-order valence-electron chi connectivity index (χ0n) is 18.9. The molecule has 0 bridgehead atoms. The van der Waals surface area contributed by atoms with Gasteiger partial charge in [-0.05, 0) is 62.7 Å². The molecule has 1 unspecified atom stereocenters. The summed E-state index contributed by atoms with van der Waals surface area (Å²) in [4.78, 5) is 15.0. The minimum atomic E-state index is -1.17. The average molecular weight is 455 g/mol. The molecule has 4 rings (SSSR count). The van der Waals surface area contributed by atoms with Crippen LogP contribution in [0, 0.1) is 11.6 Å². The second-order valence-corrected chi connectivity index (χ2v) is 8.34. The Kier molecular flexibility index (Phi) is 7.03. The van der Waals surface area contributed by atoms with Crippen molar-refractivity contribution in [3.63, 3.8) is 0 Å². The van der Waals surface area contributed by atoms with Gasteiger partial charge in [-0.3, -0.25) is 14.4 Å². The molecule has 1 fully saturated rings. The Morgan fingerprint density at radius 2 is 2.06 bits per heavy atom. The number of rotatable bonds is 7. The lowest BCUT2D eigenvalue weighted by Crippen LogP contribution is -2.39. The monoisotopic (exact) mass is 454 g/mol. The molecule has 1 N–H and O–H groups in total. The lowest BCUT2D eigenvalue weighted by molar-refractivity contribution is 0.102. The van der Waals surface area contributed by atoms with E-state index in [4.69, 9.17) is 4.74 Å². The number of halogens is 2. The Balaban J connectivity index is 1.53. The third kappa shape index (κ3) is 5.22. The molecule has 2 heterocycles. The molecule has 0 saturated carbocycles. The summed E-state index contributed by atoms with van der Waals surface area (Å²) in [6.45, 7) is 4.71. The number of aromatic nitrogens is 2. The number of anilines is 1. The molecule has 1 aliphatic rings. The highest BCUT2D eigenvalue weighted by molar-refractivity contribution is 6.04. The van der Waals surface area contributed by atoms with Crippen LogP contribution in [0.1, 0.15) is 36.5 Å².